The minimum atomic E-state index is -0.290. The van der Waals surface area contributed by atoms with Crippen LogP contribution in [0.5, 0.6) is 0 Å². The van der Waals surface area contributed by atoms with Crippen molar-refractivity contribution in [3.8, 4) is 0 Å². The zero-order valence-electron chi connectivity index (χ0n) is 17.5. The van der Waals surface area contributed by atoms with Crippen LogP contribution in [0.15, 0.2) is 76.9 Å². The largest absolute Gasteiger partial charge is 0.349 e. The Morgan fingerprint density at radius 1 is 1.03 bits per heavy atom. The Hall–Kier alpha value is -3.29. The normalized spacial score (nSPS) is 12.2. The number of rotatable bonds is 7. The molecule has 0 aliphatic heterocycles. The van der Waals surface area contributed by atoms with Gasteiger partial charge in [-0.1, -0.05) is 54.6 Å². The number of carbonyl (C=O) groups is 1. The van der Waals surface area contributed by atoms with Crippen molar-refractivity contribution in [1.29, 1.82) is 0 Å². The molecule has 0 saturated heterocycles. The van der Waals surface area contributed by atoms with Gasteiger partial charge in [0, 0.05) is 16.8 Å². The van der Waals surface area contributed by atoms with Crippen molar-refractivity contribution in [2.75, 3.05) is 20.6 Å². The van der Waals surface area contributed by atoms with E-state index in [2.05, 4.69) is 21.4 Å². The number of benzene rings is 2. The van der Waals surface area contributed by atoms with Gasteiger partial charge in [-0.2, -0.15) is 5.10 Å². The number of aromatic nitrogens is 2. The summed E-state index contributed by atoms with van der Waals surface area (Å²) in [6, 6.07) is 20.9. The molecule has 31 heavy (non-hydrogen) atoms. The molecule has 4 aromatic rings. The van der Waals surface area contributed by atoms with E-state index in [1.54, 1.807) is 29.5 Å². The monoisotopic (exact) mass is 432 g/mol. The summed E-state index contributed by atoms with van der Waals surface area (Å²) in [7, 11) is 3.98. The summed E-state index contributed by atoms with van der Waals surface area (Å²) in [6.45, 7) is 0.750. The number of carbonyl (C=O) groups excluding carboxylic acids is 1. The van der Waals surface area contributed by atoms with Crippen molar-refractivity contribution in [1.82, 2.24) is 20.0 Å². The molecule has 2 heterocycles. The Morgan fingerprint density at radius 2 is 1.74 bits per heavy atom. The van der Waals surface area contributed by atoms with E-state index in [9.17, 15) is 9.59 Å². The lowest BCUT2D eigenvalue weighted by Gasteiger charge is -2.23. The number of amides is 1. The molecule has 0 fully saturated rings. The molecule has 1 amide bonds. The lowest BCUT2D eigenvalue weighted by Crippen LogP contribution is -2.36. The Morgan fingerprint density at radius 3 is 2.42 bits per heavy atom. The van der Waals surface area contributed by atoms with Crippen LogP contribution in [0, 0.1) is 0 Å². The molecule has 2 aromatic heterocycles. The van der Waals surface area contributed by atoms with Gasteiger partial charge in [0.2, 0.25) is 0 Å². The average Bonchev–Trinajstić information content (AvgIpc) is 3.31. The van der Waals surface area contributed by atoms with Crippen LogP contribution in [0.1, 0.15) is 27.0 Å². The fourth-order valence-corrected chi connectivity index (χ4v) is 4.48. The number of hydrogen-bond donors (Lipinski definition) is 1. The van der Waals surface area contributed by atoms with Crippen LogP contribution in [-0.2, 0) is 6.54 Å². The van der Waals surface area contributed by atoms with Crippen molar-refractivity contribution < 1.29 is 4.79 Å². The maximum absolute atomic E-state index is 13.2. The van der Waals surface area contributed by atoms with Gasteiger partial charge in [0.1, 0.15) is 0 Å². The molecule has 2 aromatic carbocycles. The van der Waals surface area contributed by atoms with Crippen molar-refractivity contribution in [3.63, 3.8) is 0 Å². The SMILES string of the molecule is CN(C)C(CNC(=O)c1nn(Cc2ccccc2)c(=O)c2ccccc12)c1cccs1. The summed E-state index contributed by atoms with van der Waals surface area (Å²) in [5, 5.41) is 10.6. The zero-order valence-corrected chi connectivity index (χ0v) is 18.3. The smallest absolute Gasteiger partial charge is 0.274 e. The number of hydrogen-bond acceptors (Lipinski definition) is 5. The maximum Gasteiger partial charge on any atom is 0.274 e. The lowest BCUT2D eigenvalue weighted by atomic mass is 10.1. The van der Waals surface area contributed by atoms with Crippen LogP contribution in [-0.4, -0.2) is 41.2 Å². The molecule has 6 nitrogen and oxygen atoms in total. The number of fused-ring (bicyclic) bond motifs is 1. The van der Waals surface area contributed by atoms with E-state index in [1.807, 2.05) is 61.9 Å². The number of nitrogens with zero attached hydrogens (tertiary/aromatic N) is 3. The third-order valence-electron chi connectivity index (χ3n) is 5.21. The number of thiophene rings is 1. The topological polar surface area (TPSA) is 67.2 Å². The molecule has 158 valence electrons. The molecular weight excluding hydrogens is 408 g/mol. The van der Waals surface area contributed by atoms with E-state index < -0.39 is 0 Å². The summed E-state index contributed by atoms with van der Waals surface area (Å²) in [4.78, 5) is 29.4. The first kappa shape index (κ1) is 21.0. The first-order valence-corrected chi connectivity index (χ1v) is 10.9. The highest BCUT2D eigenvalue weighted by atomic mass is 32.1. The summed E-state index contributed by atoms with van der Waals surface area (Å²) >= 11 is 1.66. The molecule has 7 heteroatoms. The van der Waals surface area contributed by atoms with E-state index in [0.29, 0.717) is 23.9 Å². The molecule has 0 radical (unpaired) electrons. The van der Waals surface area contributed by atoms with Gasteiger partial charge >= 0.3 is 0 Å². The fraction of sp³-hybridized carbons (Fsp3) is 0.208. The Kier molecular flexibility index (Phi) is 6.25. The second-order valence-corrected chi connectivity index (χ2v) is 8.53. The van der Waals surface area contributed by atoms with E-state index >= 15 is 0 Å². The van der Waals surface area contributed by atoms with Crippen molar-refractivity contribution in [3.05, 3.63) is 98.6 Å². The van der Waals surface area contributed by atoms with Gasteiger partial charge in [-0.15, -0.1) is 11.3 Å². The van der Waals surface area contributed by atoms with Gasteiger partial charge in [0.05, 0.1) is 18.0 Å². The van der Waals surface area contributed by atoms with E-state index in [-0.39, 0.29) is 23.2 Å². The second kappa shape index (κ2) is 9.24. The third kappa shape index (κ3) is 4.57. The minimum absolute atomic E-state index is 0.0606. The van der Waals surface area contributed by atoms with Gasteiger partial charge in [0.25, 0.3) is 11.5 Å². The third-order valence-corrected chi connectivity index (χ3v) is 6.18. The Labute approximate surface area is 184 Å². The molecule has 1 unspecified atom stereocenters. The Bertz CT molecular complexity index is 1230. The molecule has 4 rings (SSSR count). The standard InChI is InChI=1S/C24H24N4O2S/c1-27(2)20(21-13-8-14-31-21)15-25-23(29)22-18-11-6-7-12-19(18)24(30)28(26-22)16-17-9-4-3-5-10-17/h3-14,20H,15-16H2,1-2H3,(H,25,29). The van der Waals surface area contributed by atoms with E-state index in [0.717, 1.165) is 5.56 Å². The molecule has 1 atom stereocenters. The highest BCUT2D eigenvalue weighted by Crippen LogP contribution is 2.22. The van der Waals surface area contributed by atoms with Crippen LogP contribution >= 0.6 is 11.3 Å². The van der Waals surface area contributed by atoms with Gasteiger partial charge in [0.15, 0.2) is 5.69 Å². The van der Waals surface area contributed by atoms with E-state index in [4.69, 9.17) is 0 Å². The summed E-state index contributed by atoms with van der Waals surface area (Å²) in [6.07, 6.45) is 0. The number of likely N-dealkylation sites (N-methyl/N-ethyl adjacent to an activating group) is 1. The minimum Gasteiger partial charge on any atom is -0.349 e. The fourth-order valence-electron chi connectivity index (χ4n) is 3.56. The summed E-state index contributed by atoms with van der Waals surface area (Å²) in [5.74, 6) is -0.290. The quantitative estimate of drug-likeness (QED) is 0.485. The second-order valence-electron chi connectivity index (χ2n) is 7.55. The van der Waals surface area contributed by atoms with Crippen LogP contribution in [0.25, 0.3) is 10.8 Å². The van der Waals surface area contributed by atoms with E-state index in [1.165, 1.54) is 9.56 Å². The average molecular weight is 433 g/mol. The van der Waals surface area contributed by atoms with Crippen molar-refractivity contribution in [2.24, 2.45) is 0 Å². The van der Waals surface area contributed by atoms with Crippen molar-refractivity contribution in [2.45, 2.75) is 12.6 Å². The molecule has 1 N–H and O–H groups in total. The van der Waals surface area contributed by atoms with Gasteiger partial charge < -0.3 is 10.2 Å². The van der Waals surface area contributed by atoms with Crippen LogP contribution < -0.4 is 10.9 Å². The van der Waals surface area contributed by atoms with Crippen LogP contribution in [0.3, 0.4) is 0 Å². The predicted octanol–water partition coefficient (Wildman–Crippen LogP) is 3.54. The van der Waals surface area contributed by atoms with Crippen molar-refractivity contribution >= 4 is 28.0 Å². The molecule has 0 spiro atoms. The summed E-state index contributed by atoms with van der Waals surface area (Å²) in [5.41, 5.74) is 1.000. The molecule has 0 aliphatic rings. The predicted molar refractivity (Wildman–Crippen MR) is 125 cm³/mol. The van der Waals surface area contributed by atoms with Crippen LogP contribution in [0.2, 0.25) is 0 Å². The zero-order chi connectivity index (χ0) is 21.8. The summed E-state index contributed by atoms with van der Waals surface area (Å²) < 4.78 is 1.37. The first-order chi connectivity index (χ1) is 15.0. The molecular formula is C24H24N4O2S. The maximum atomic E-state index is 13.2. The van der Waals surface area contributed by atoms with Crippen LogP contribution in [0.4, 0.5) is 0 Å². The Balaban J connectivity index is 1.66. The van der Waals surface area contributed by atoms with Gasteiger partial charge in [-0.3, -0.25) is 9.59 Å². The highest BCUT2D eigenvalue weighted by Gasteiger charge is 2.20. The molecule has 0 saturated carbocycles. The lowest BCUT2D eigenvalue weighted by molar-refractivity contribution is 0.0937. The molecule has 0 bridgehead atoms. The highest BCUT2D eigenvalue weighted by molar-refractivity contribution is 7.10. The molecule has 0 aliphatic carbocycles. The number of nitrogens with one attached hydrogen (secondary N) is 1. The van der Waals surface area contributed by atoms with Gasteiger partial charge in [-0.05, 0) is 37.2 Å². The first-order valence-electron chi connectivity index (χ1n) is 10.1. The van der Waals surface area contributed by atoms with Gasteiger partial charge in [-0.25, -0.2) is 4.68 Å².